The zero-order chi connectivity index (χ0) is 28.5. The van der Waals surface area contributed by atoms with E-state index in [4.69, 9.17) is 11.8 Å². The Balaban J connectivity index is 0.000000942. The SMILES string of the molecule is CCCCCCCC[N+](C)(CCCCCCCC)CCCCCCCC.Cc1ccc(S(=O)(=O)[N-]Cl)cc1. The predicted octanol–water partition coefficient (Wildman–Crippen LogP) is 10.7. The van der Waals surface area contributed by atoms with Crippen molar-refractivity contribution >= 4 is 21.8 Å². The van der Waals surface area contributed by atoms with E-state index < -0.39 is 10.0 Å². The average Bonchev–Trinajstić information content (AvgIpc) is 2.91. The zero-order valence-corrected chi connectivity index (χ0v) is 27.2. The van der Waals surface area contributed by atoms with Crippen LogP contribution in [0.15, 0.2) is 29.2 Å². The normalized spacial score (nSPS) is 11.8. The quantitative estimate of drug-likeness (QED) is 0.0966. The number of unbranched alkanes of at least 4 members (excludes halogenated alkanes) is 15. The molecule has 0 aliphatic rings. The summed E-state index contributed by atoms with van der Waals surface area (Å²) in [6.07, 6.45) is 25.9. The summed E-state index contributed by atoms with van der Waals surface area (Å²) in [6, 6.07) is 6.32. The maximum absolute atomic E-state index is 11.0. The van der Waals surface area contributed by atoms with Crippen LogP contribution in [0.3, 0.4) is 0 Å². The number of aryl methyl sites for hydroxylation is 1. The fraction of sp³-hybridized carbons (Fsp3) is 0.812. The largest absolute Gasteiger partial charge is 0.458 e. The molecule has 0 atom stereocenters. The maximum atomic E-state index is 11.0. The van der Waals surface area contributed by atoms with E-state index in [1.807, 2.05) is 6.92 Å². The van der Waals surface area contributed by atoms with Crippen molar-refractivity contribution in [1.29, 1.82) is 0 Å². The van der Waals surface area contributed by atoms with Crippen LogP contribution in [0.4, 0.5) is 0 Å². The second-order valence-electron chi connectivity index (χ2n) is 11.5. The zero-order valence-electron chi connectivity index (χ0n) is 25.7. The molecule has 0 aliphatic carbocycles. The molecule has 0 unspecified atom stereocenters. The fourth-order valence-corrected chi connectivity index (χ4v) is 5.71. The first-order chi connectivity index (χ1) is 18.2. The van der Waals surface area contributed by atoms with Gasteiger partial charge in [0.2, 0.25) is 0 Å². The van der Waals surface area contributed by atoms with Gasteiger partial charge in [-0.2, -0.15) is 0 Å². The molecule has 0 bridgehead atoms. The Morgan fingerprint density at radius 3 is 1.24 bits per heavy atom. The number of quaternary nitrogens is 1. The van der Waals surface area contributed by atoms with Crippen LogP contribution in [-0.4, -0.2) is 39.6 Å². The van der Waals surface area contributed by atoms with Crippen molar-refractivity contribution in [2.45, 2.75) is 148 Å². The van der Waals surface area contributed by atoms with Crippen molar-refractivity contribution in [2.24, 2.45) is 0 Å². The third-order valence-electron chi connectivity index (χ3n) is 7.56. The minimum Gasteiger partial charge on any atom is -0.458 e. The van der Waals surface area contributed by atoms with E-state index in [1.54, 1.807) is 12.1 Å². The van der Waals surface area contributed by atoms with Gasteiger partial charge in [0.05, 0.1) is 26.7 Å². The highest BCUT2D eigenvalue weighted by atomic mass is 35.5. The van der Waals surface area contributed by atoms with Gasteiger partial charge < -0.3 is 8.72 Å². The lowest BCUT2D eigenvalue weighted by Gasteiger charge is -2.35. The van der Waals surface area contributed by atoms with Crippen LogP contribution in [0, 0.1) is 6.92 Å². The van der Waals surface area contributed by atoms with E-state index in [1.165, 1.54) is 152 Å². The fourth-order valence-electron chi connectivity index (χ4n) is 4.91. The van der Waals surface area contributed by atoms with Crippen molar-refractivity contribution in [3.8, 4) is 0 Å². The van der Waals surface area contributed by atoms with E-state index in [0.29, 0.717) is 0 Å². The Labute approximate surface area is 243 Å². The van der Waals surface area contributed by atoms with E-state index in [-0.39, 0.29) is 4.90 Å². The van der Waals surface area contributed by atoms with Crippen molar-refractivity contribution in [3.63, 3.8) is 0 Å². The van der Waals surface area contributed by atoms with Crippen LogP contribution < -0.4 is 0 Å². The van der Waals surface area contributed by atoms with Crippen molar-refractivity contribution in [2.75, 3.05) is 26.7 Å². The molecule has 1 rings (SSSR count). The molecule has 38 heavy (non-hydrogen) atoms. The lowest BCUT2D eigenvalue weighted by Crippen LogP contribution is -2.46. The molecule has 0 heterocycles. The van der Waals surface area contributed by atoms with Gasteiger partial charge in [-0.05, 0) is 57.6 Å². The van der Waals surface area contributed by atoms with Gasteiger partial charge in [-0.1, -0.05) is 116 Å². The summed E-state index contributed by atoms with van der Waals surface area (Å²) in [5.41, 5.74) is 0.989. The van der Waals surface area contributed by atoms with Crippen molar-refractivity contribution < 1.29 is 12.9 Å². The molecule has 0 aliphatic heterocycles. The highest BCUT2D eigenvalue weighted by Crippen LogP contribution is 2.19. The molecule has 0 fully saturated rings. The third-order valence-corrected chi connectivity index (χ3v) is 9.16. The van der Waals surface area contributed by atoms with Gasteiger partial charge in [-0.15, -0.1) is 0 Å². The highest BCUT2D eigenvalue weighted by molar-refractivity contribution is 7.95. The molecule has 224 valence electrons. The van der Waals surface area contributed by atoms with Crippen molar-refractivity contribution in [3.05, 3.63) is 34.1 Å². The summed E-state index contributed by atoms with van der Waals surface area (Å²) in [4.78, 5) is 0.114. The summed E-state index contributed by atoms with van der Waals surface area (Å²) in [5, 5.41) is 0. The Hall–Kier alpha value is -0.620. The average molecular weight is 573 g/mol. The molecule has 0 saturated carbocycles. The molecule has 1 aromatic rings. The van der Waals surface area contributed by atoms with E-state index in [0.717, 1.165) is 5.56 Å². The molecule has 4 nitrogen and oxygen atoms in total. The van der Waals surface area contributed by atoms with Crippen LogP contribution >= 0.6 is 11.8 Å². The van der Waals surface area contributed by atoms with Crippen LogP contribution in [-0.2, 0) is 10.0 Å². The molecular weight excluding hydrogens is 512 g/mol. The number of benzene rings is 1. The smallest absolute Gasteiger partial charge is 0.112 e. The van der Waals surface area contributed by atoms with E-state index >= 15 is 0 Å². The van der Waals surface area contributed by atoms with Gasteiger partial charge in [0.15, 0.2) is 0 Å². The van der Waals surface area contributed by atoms with E-state index in [2.05, 4.69) is 32.1 Å². The first kappa shape index (κ1) is 37.4. The first-order valence-corrected chi connectivity index (χ1v) is 17.5. The summed E-state index contributed by atoms with van der Waals surface area (Å²) in [7, 11) is -1.06. The van der Waals surface area contributed by atoms with Gasteiger partial charge in [0.25, 0.3) is 0 Å². The van der Waals surface area contributed by atoms with Gasteiger partial charge >= 0.3 is 0 Å². The molecule has 1 aromatic carbocycles. The Morgan fingerprint density at radius 1 is 0.605 bits per heavy atom. The van der Waals surface area contributed by atoms with Crippen LogP contribution in [0.1, 0.15) is 142 Å². The summed E-state index contributed by atoms with van der Waals surface area (Å²) in [6.45, 7) is 13.1. The second-order valence-corrected chi connectivity index (χ2v) is 13.4. The molecule has 0 N–H and O–H groups in total. The van der Waals surface area contributed by atoms with Gasteiger partial charge in [-0.3, -0.25) is 11.8 Å². The van der Waals surface area contributed by atoms with Crippen molar-refractivity contribution in [1.82, 2.24) is 0 Å². The van der Waals surface area contributed by atoms with Crippen LogP contribution in [0.5, 0.6) is 0 Å². The van der Waals surface area contributed by atoms with Crippen LogP contribution in [0.2, 0.25) is 0 Å². The topological polar surface area (TPSA) is 48.2 Å². The lowest BCUT2D eigenvalue weighted by molar-refractivity contribution is -0.910. The molecule has 0 saturated heterocycles. The maximum Gasteiger partial charge on any atom is 0.112 e. The minimum atomic E-state index is -3.62. The number of rotatable bonds is 23. The minimum absolute atomic E-state index is 0.114. The first-order valence-electron chi connectivity index (χ1n) is 15.7. The number of hydrogen-bond donors (Lipinski definition) is 0. The second kappa shape index (κ2) is 24.2. The Morgan fingerprint density at radius 2 is 0.921 bits per heavy atom. The van der Waals surface area contributed by atoms with Crippen LogP contribution in [0.25, 0.3) is 4.24 Å². The number of nitrogens with zero attached hydrogens (tertiary/aromatic N) is 2. The Bertz CT molecular complexity index is 712. The molecular formula is C32H61ClN2O2S. The monoisotopic (exact) mass is 572 g/mol. The predicted molar refractivity (Wildman–Crippen MR) is 168 cm³/mol. The number of halogens is 1. The lowest BCUT2D eigenvalue weighted by atomic mass is 10.1. The summed E-state index contributed by atoms with van der Waals surface area (Å²) < 4.78 is 26.1. The molecule has 6 heteroatoms. The number of sulfonamides is 1. The highest BCUT2D eigenvalue weighted by Gasteiger charge is 2.20. The summed E-state index contributed by atoms with van der Waals surface area (Å²) >= 11 is 4.90. The van der Waals surface area contributed by atoms with E-state index in [9.17, 15) is 8.42 Å². The summed E-state index contributed by atoms with van der Waals surface area (Å²) in [5.74, 6) is 0. The standard InChI is InChI=1S/C25H54N.C7H7ClNO2S/c1-5-8-11-14-17-20-23-26(4,24-21-18-15-12-9-6-2)25-22-19-16-13-10-7-3;1-6-2-4-7(5-3-6)12(10,11)9-8/h5-25H2,1-4H3;2-5H,1H3/q+1;-1. The third kappa shape index (κ3) is 20.3. The molecule has 0 spiro atoms. The van der Waals surface area contributed by atoms with Gasteiger partial charge in [-0.25, -0.2) is 8.42 Å². The molecule has 0 aromatic heterocycles. The van der Waals surface area contributed by atoms with Gasteiger partial charge in [0.1, 0.15) is 10.0 Å². The molecule has 0 amide bonds. The number of hydrogen-bond acceptors (Lipinski definition) is 2. The Kier molecular flexibility index (Phi) is 23.8. The molecule has 0 radical (unpaired) electrons. The van der Waals surface area contributed by atoms with Gasteiger partial charge in [0, 0.05) is 4.90 Å².